The zero-order chi connectivity index (χ0) is 16.8. The van der Waals surface area contributed by atoms with Crippen LogP contribution >= 0.6 is 27.5 Å². The predicted octanol–water partition coefficient (Wildman–Crippen LogP) is 3.53. The van der Waals surface area contributed by atoms with Gasteiger partial charge in [-0.3, -0.25) is 9.78 Å². The smallest absolute Gasteiger partial charge is 0.340 e. The first-order chi connectivity index (χ1) is 11.0. The Bertz CT molecular complexity index is 707. The predicted molar refractivity (Wildman–Crippen MR) is 90.2 cm³/mol. The Labute approximate surface area is 147 Å². The van der Waals surface area contributed by atoms with Crippen LogP contribution in [0.5, 0.6) is 0 Å². The molecule has 2 rings (SSSR count). The number of nitrogens with one attached hydrogen (secondary N) is 1. The lowest BCUT2D eigenvalue weighted by Gasteiger charge is -2.14. The Morgan fingerprint density at radius 3 is 2.65 bits per heavy atom. The van der Waals surface area contributed by atoms with Gasteiger partial charge in [0.05, 0.1) is 11.6 Å². The highest BCUT2D eigenvalue weighted by molar-refractivity contribution is 9.10. The molecule has 0 aliphatic carbocycles. The molecule has 0 aliphatic heterocycles. The minimum Gasteiger partial charge on any atom is -0.452 e. The average Bonchev–Trinajstić information content (AvgIpc) is 2.53. The van der Waals surface area contributed by atoms with E-state index in [0.717, 1.165) is 5.56 Å². The molecule has 23 heavy (non-hydrogen) atoms. The molecule has 0 saturated carbocycles. The van der Waals surface area contributed by atoms with Crippen LogP contribution in [0.4, 0.5) is 0 Å². The van der Waals surface area contributed by atoms with Crippen LogP contribution in [0.2, 0.25) is 5.02 Å². The van der Waals surface area contributed by atoms with Gasteiger partial charge in [0.15, 0.2) is 6.61 Å². The largest absolute Gasteiger partial charge is 0.452 e. The van der Waals surface area contributed by atoms with Crippen LogP contribution in [-0.2, 0) is 9.53 Å². The topological polar surface area (TPSA) is 68.3 Å². The van der Waals surface area contributed by atoms with E-state index in [0.29, 0.717) is 9.50 Å². The summed E-state index contributed by atoms with van der Waals surface area (Å²) in [4.78, 5) is 27.5. The summed E-state index contributed by atoms with van der Waals surface area (Å²) in [5.41, 5.74) is 1.18. The molecule has 5 nitrogen and oxygen atoms in total. The first-order valence-corrected chi connectivity index (χ1v) is 7.95. The van der Waals surface area contributed by atoms with Crippen molar-refractivity contribution in [1.29, 1.82) is 0 Å². The van der Waals surface area contributed by atoms with Crippen molar-refractivity contribution in [3.63, 3.8) is 0 Å². The van der Waals surface area contributed by atoms with E-state index in [1.54, 1.807) is 24.4 Å². The maximum atomic E-state index is 11.9. The average molecular weight is 398 g/mol. The lowest BCUT2D eigenvalue weighted by atomic mass is 10.1. The molecule has 7 heteroatoms. The van der Waals surface area contributed by atoms with Crippen LogP contribution in [0, 0.1) is 0 Å². The molecule has 1 N–H and O–H groups in total. The molecule has 0 aliphatic rings. The molecule has 2 aromatic rings. The SMILES string of the molecule is C[C@H](NC(=O)COC(=O)c1cncc(Br)c1)c1ccc(Cl)cc1. The Morgan fingerprint density at radius 1 is 1.30 bits per heavy atom. The number of aromatic nitrogens is 1. The fourth-order valence-corrected chi connectivity index (χ4v) is 2.35. The van der Waals surface area contributed by atoms with Crippen molar-refractivity contribution in [2.24, 2.45) is 0 Å². The van der Waals surface area contributed by atoms with E-state index < -0.39 is 5.97 Å². The molecule has 0 radical (unpaired) electrons. The number of nitrogens with zero attached hydrogens (tertiary/aromatic N) is 1. The molecule has 1 heterocycles. The Kier molecular flexibility index (Phi) is 6.12. The van der Waals surface area contributed by atoms with Crippen LogP contribution < -0.4 is 5.32 Å². The summed E-state index contributed by atoms with van der Waals surface area (Å²) in [6.07, 6.45) is 2.93. The molecular weight excluding hydrogens is 384 g/mol. The van der Waals surface area contributed by atoms with Gasteiger partial charge in [0, 0.05) is 21.9 Å². The van der Waals surface area contributed by atoms with E-state index in [9.17, 15) is 9.59 Å². The number of pyridine rings is 1. The highest BCUT2D eigenvalue weighted by Gasteiger charge is 2.13. The molecule has 0 fully saturated rings. The molecule has 0 bridgehead atoms. The van der Waals surface area contributed by atoms with Crippen molar-refractivity contribution in [1.82, 2.24) is 10.3 Å². The van der Waals surface area contributed by atoms with Gasteiger partial charge < -0.3 is 10.1 Å². The zero-order valence-corrected chi connectivity index (χ0v) is 14.6. The van der Waals surface area contributed by atoms with Gasteiger partial charge in [-0.05, 0) is 46.6 Å². The molecule has 120 valence electrons. The number of carbonyl (C=O) groups is 2. The third-order valence-electron chi connectivity index (χ3n) is 3.02. The second-order valence-electron chi connectivity index (χ2n) is 4.81. The van der Waals surface area contributed by atoms with Crippen LogP contribution in [0.25, 0.3) is 0 Å². The first-order valence-electron chi connectivity index (χ1n) is 6.78. The zero-order valence-electron chi connectivity index (χ0n) is 12.3. The number of benzene rings is 1. The van der Waals surface area contributed by atoms with Crippen LogP contribution in [0.15, 0.2) is 47.2 Å². The van der Waals surface area contributed by atoms with E-state index in [4.69, 9.17) is 16.3 Å². The second-order valence-corrected chi connectivity index (χ2v) is 6.16. The van der Waals surface area contributed by atoms with Crippen molar-refractivity contribution in [2.75, 3.05) is 6.61 Å². The lowest BCUT2D eigenvalue weighted by molar-refractivity contribution is -0.124. The molecule has 1 aromatic carbocycles. The van der Waals surface area contributed by atoms with Crippen molar-refractivity contribution in [2.45, 2.75) is 13.0 Å². The third-order valence-corrected chi connectivity index (χ3v) is 3.71. The molecule has 0 unspecified atom stereocenters. The van der Waals surface area contributed by atoms with Gasteiger partial charge in [-0.1, -0.05) is 23.7 Å². The number of ether oxygens (including phenoxy) is 1. The summed E-state index contributed by atoms with van der Waals surface area (Å²) in [7, 11) is 0. The van der Waals surface area contributed by atoms with E-state index in [2.05, 4.69) is 26.2 Å². The fourth-order valence-electron chi connectivity index (χ4n) is 1.86. The summed E-state index contributed by atoms with van der Waals surface area (Å²) >= 11 is 9.04. The number of esters is 1. The summed E-state index contributed by atoms with van der Waals surface area (Å²) in [5, 5.41) is 3.38. The van der Waals surface area contributed by atoms with Gasteiger partial charge in [-0.25, -0.2) is 4.79 Å². The number of rotatable bonds is 5. The molecule has 1 amide bonds. The first kappa shape index (κ1) is 17.4. The maximum Gasteiger partial charge on any atom is 0.340 e. The quantitative estimate of drug-likeness (QED) is 0.784. The summed E-state index contributed by atoms with van der Waals surface area (Å²) in [6, 6.07) is 8.51. The normalized spacial score (nSPS) is 11.6. The molecule has 1 aromatic heterocycles. The lowest BCUT2D eigenvalue weighted by Crippen LogP contribution is -2.31. The van der Waals surface area contributed by atoms with Crippen LogP contribution in [0.1, 0.15) is 28.9 Å². The summed E-state index contributed by atoms with van der Waals surface area (Å²) in [6.45, 7) is 1.48. The van der Waals surface area contributed by atoms with Gasteiger partial charge >= 0.3 is 5.97 Å². The van der Waals surface area contributed by atoms with Crippen molar-refractivity contribution in [3.05, 3.63) is 63.3 Å². The number of halogens is 2. The van der Waals surface area contributed by atoms with Gasteiger partial charge in [-0.2, -0.15) is 0 Å². The van der Waals surface area contributed by atoms with Gasteiger partial charge in [-0.15, -0.1) is 0 Å². The van der Waals surface area contributed by atoms with Crippen molar-refractivity contribution < 1.29 is 14.3 Å². The number of hydrogen-bond acceptors (Lipinski definition) is 4. The molecular formula is C16H14BrClN2O3. The number of carbonyl (C=O) groups excluding carboxylic acids is 2. The minimum absolute atomic E-state index is 0.217. The number of hydrogen-bond donors (Lipinski definition) is 1. The monoisotopic (exact) mass is 396 g/mol. The van der Waals surface area contributed by atoms with Gasteiger partial charge in [0.2, 0.25) is 0 Å². The maximum absolute atomic E-state index is 11.9. The van der Waals surface area contributed by atoms with E-state index in [-0.39, 0.29) is 24.1 Å². The number of amides is 1. The molecule has 0 saturated heterocycles. The molecule has 1 atom stereocenters. The Balaban J connectivity index is 1.85. The fraction of sp³-hybridized carbons (Fsp3) is 0.188. The van der Waals surface area contributed by atoms with E-state index >= 15 is 0 Å². The van der Waals surface area contributed by atoms with Crippen molar-refractivity contribution >= 4 is 39.4 Å². The standard InChI is InChI=1S/C16H14BrClN2O3/c1-10(11-2-4-14(18)5-3-11)20-15(21)9-23-16(22)12-6-13(17)8-19-7-12/h2-8,10H,9H2,1H3,(H,20,21)/t10-/m0/s1. The second kappa shape index (κ2) is 8.08. The van der Waals surface area contributed by atoms with E-state index in [1.807, 2.05) is 19.1 Å². The van der Waals surface area contributed by atoms with E-state index in [1.165, 1.54) is 6.20 Å². The van der Waals surface area contributed by atoms with Crippen LogP contribution in [0.3, 0.4) is 0 Å². The summed E-state index contributed by atoms with van der Waals surface area (Å²) in [5.74, 6) is -0.989. The van der Waals surface area contributed by atoms with Gasteiger partial charge in [0.25, 0.3) is 5.91 Å². The van der Waals surface area contributed by atoms with Gasteiger partial charge in [0.1, 0.15) is 0 Å². The van der Waals surface area contributed by atoms with Crippen LogP contribution in [-0.4, -0.2) is 23.5 Å². The Hall–Kier alpha value is -1.92. The van der Waals surface area contributed by atoms with Crippen molar-refractivity contribution in [3.8, 4) is 0 Å². The highest BCUT2D eigenvalue weighted by atomic mass is 79.9. The Morgan fingerprint density at radius 2 is 2.00 bits per heavy atom. The minimum atomic E-state index is -0.604. The molecule has 0 spiro atoms. The third kappa shape index (κ3) is 5.33. The summed E-state index contributed by atoms with van der Waals surface area (Å²) < 4.78 is 5.63. The highest BCUT2D eigenvalue weighted by Crippen LogP contribution is 2.16.